The second-order valence-corrected chi connectivity index (χ2v) is 2.59. The van der Waals surface area contributed by atoms with Gasteiger partial charge in [0, 0.05) is 0 Å². The van der Waals surface area contributed by atoms with Crippen LogP contribution in [0.5, 0.6) is 0 Å². The van der Waals surface area contributed by atoms with Crippen molar-refractivity contribution in [3.8, 4) is 0 Å². The second-order valence-electron chi connectivity index (χ2n) is 2.59. The summed E-state index contributed by atoms with van der Waals surface area (Å²) in [7, 11) is 0. The Morgan fingerprint density at radius 2 is 1.70 bits per heavy atom. The minimum atomic E-state index is -0.475. The van der Waals surface area contributed by atoms with Gasteiger partial charge in [0.1, 0.15) is 5.60 Å². The molecule has 0 aromatic rings. The SMILES string of the molecule is [CH2-]C(=O)OC(C)(C)C.[Cl-].[Zn+2]. The first kappa shape index (κ1) is 16.7. The van der Waals surface area contributed by atoms with Crippen LogP contribution in [0, 0.1) is 6.92 Å². The van der Waals surface area contributed by atoms with Gasteiger partial charge in [0.15, 0.2) is 5.97 Å². The van der Waals surface area contributed by atoms with E-state index in [2.05, 4.69) is 11.7 Å². The Hall–Kier alpha value is 0.253. The van der Waals surface area contributed by atoms with Crippen molar-refractivity contribution >= 4 is 5.97 Å². The number of hydrogen-bond acceptors (Lipinski definition) is 2. The fraction of sp³-hybridized carbons (Fsp3) is 0.667. The molecule has 0 fully saturated rings. The molecule has 0 aliphatic carbocycles. The molecule has 4 heteroatoms. The van der Waals surface area contributed by atoms with E-state index < -0.39 is 11.6 Å². The Balaban J connectivity index is -0.000000245. The molecule has 0 saturated heterocycles. The number of esters is 1. The topological polar surface area (TPSA) is 26.3 Å². The predicted octanol–water partition coefficient (Wildman–Crippen LogP) is -1.84. The number of rotatable bonds is 0. The van der Waals surface area contributed by atoms with Crippen molar-refractivity contribution < 1.29 is 41.4 Å². The smallest absolute Gasteiger partial charge is 1.00 e. The first-order chi connectivity index (χ1) is 3.42. The third-order valence-electron chi connectivity index (χ3n) is 0.420. The molecule has 0 amide bonds. The fourth-order valence-corrected chi connectivity index (χ4v) is 0.342. The van der Waals surface area contributed by atoms with Crippen molar-refractivity contribution in [2.75, 3.05) is 0 Å². The molecule has 0 atom stereocenters. The summed E-state index contributed by atoms with van der Waals surface area (Å²) in [6.45, 7) is 8.47. The van der Waals surface area contributed by atoms with Gasteiger partial charge in [-0.3, -0.25) is 11.7 Å². The molecule has 0 aromatic carbocycles. The zero-order valence-electron chi connectivity index (χ0n) is 6.61. The summed E-state index contributed by atoms with van der Waals surface area (Å²) in [5.41, 5.74) is -0.390. The third-order valence-corrected chi connectivity index (χ3v) is 0.420. The zero-order chi connectivity index (χ0) is 6.78. The maximum absolute atomic E-state index is 10.1. The molecule has 10 heavy (non-hydrogen) atoms. The van der Waals surface area contributed by atoms with E-state index >= 15 is 0 Å². The molecule has 2 nitrogen and oxygen atoms in total. The van der Waals surface area contributed by atoms with Crippen LogP contribution in [-0.4, -0.2) is 11.6 Å². The minimum absolute atomic E-state index is 0. The Kier molecular flexibility index (Phi) is 10.0. The van der Waals surface area contributed by atoms with Gasteiger partial charge in [-0.15, -0.1) is 0 Å². The zero-order valence-corrected chi connectivity index (χ0v) is 10.3. The molecular formula is C6H11ClO2Zn. The van der Waals surface area contributed by atoms with Crippen molar-refractivity contribution in [2.45, 2.75) is 26.4 Å². The van der Waals surface area contributed by atoms with E-state index in [1.54, 1.807) is 20.8 Å². The molecule has 0 radical (unpaired) electrons. The van der Waals surface area contributed by atoms with Gasteiger partial charge in [-0.1, -0.05) is 0 Å². The summed E-state index contributed by atoms with van der Waals surface area (Å²) < 4.78 is 4.69. The van der Waals surface area contributed by atoms with E-state index in [0.717, 1.165) is 0 Å². The van der Waals surface area contributed by atoms with Crippen LogP contribution in [0.1, 0.15) is 20.8 Å². The molecule has 0 aliphatic rings. The van der Waals surface area contributed by atoms with E-state index in [1.807, 2.05) is 0 Å². The van der Waals surface area contributed by atoms with Crippen molar-refractivity contribution in [1.29, 1.82) is 0 Å². The van der Waals surface area contributed by atoms with Gasteiger partial charge in [-0.25, -0.2) is 0 Å². The number of carbonyl (C=O) groups is 1. The first-order valence-corrected chi connectivity index (χ1v) is 2.47. The molecule has 0 spiro atoms. The van der Waals surface area contributed by atoms with E-state index in [9.17, 15) is 4.79 Å². The van der Waals surface area contributed by atoms with Gasteiger partial charge in [0.2, 0.25) is 0 Å². The van der Waals surface area contributed by atoms with Gasteiger partial charge < -0.3 is 17.1 Å². The third kappa shape index (κ3) is 15.7. The van der Waals surface area contributed by atoms with Crippen LogP contribution in [0.25, 0.3) is 0 Å². The Morgan fingerprint density at radius 1 is 1.40 bits per heavy atom. The van der Waals surface area contributed by atoms with Crippen LogP contribution in [0.2, 0.25) is 0 Å². The summed E-state index contributed by atoms with van der Waals surface area (Å²) in [6.07, 6.45) is 0. The number of ether oxygens (including phenoxy) is 1. The Labute approximate surface area is 80.9 Å². The molecule has 0 aromatic heterocycles. The van der Waals surface area contributed by atoms with E-state index in [0.29, 0.717) is 0 Å². The van der Waals surface area contributed by atoms with Crippen molar-refractivity contribution in [3.63, 3.8) is 0 Å². The number of carbonyl (C=O) groups excluding carboxylic acids is 1. The quantitative estimate of drug-likeness (QED) is 0.270. The Bertz CT molecular complexity index is 98.4. The Morgan fingerprint density at radius 3 is 1.70 bits per heavy atom. The van der Waals surface area contributed by atoms with Gasteiger partial charge in [-0.2, -0.15) is 0 Å². The summed E-state index contributed by atoms with van der Waals surface area (Å²) in [4.78, 5) is 10.1. The molecule has 0 N–H and O–H groups in total. The normalized spacial score (nSPS) is 8.70. The average molecular weight is 216 g/mol. The fourth-order valence-electron chi connectivity index (χ4n) is 0.342. The maximum atomic E-state index is 10.1. The summed E-state index contributed by atoms with van der Waals surface area (Å²) >= 11 is 0. The van der Waals surface area contributed by atoms with E-state index in [1.165, 1.54) is 0 Å². The largest absolute Gasteiger partial charge is 2.00 e. The van der Waals surface area contributed by atoms with Crippen LogP contribution in [0.4, 0.5) is 0 Å². The van der Waals surface area contributed by atoms with Gasteiger partial charge >= 0.3 is 19.5 Å². The number of halogens is 1. The monoisotopic (exact) mass is 214 g/mol. The van der Waals surface area contributed by atoms with Crippen LogP contribution in [0.3, 0.4) is 0 Å². The van der Waals surface area contributed by atoms with Crippen LogP contribution < -0.4 is 12.4 Å². The van der Waals surface area contributed by atoms with Crippen LogP contribution >= 0.6 is 0 Å². The van der Waals surface area contributed by atoms with E-state index in [4.69, 9.17) is 0 Å². The predicted molar refractivity (Wildman–Crippen MR) is 31.2 cm³/mol. The van der Waals surface area contributed by atoms with Crippen molar-refractivity contribution in [2.24, 2.45) is 0 Å². The molecule has 0 bridgehead atoms. The standard InChI is InChI=1S/C6H11O2.ClH.Zn/c1-5(7)8-6(2,3)4;;/h1H2,2-4H3;1H;/q-1;;+2/p-1. The van der Waals surface area contributed by atoms with Crippen LogP contribution in [0.15, 0.2) is 0 Å². The minimum Gasteiger partial charge on any atom is -1.00 e. The molecule has 0 unspecified atom stereocenters. The summed E-state index contributed by atoms with van der Waals surface area (Å²) in [6, 6.07) is 0. The molecular weight excluding hydrogens is 205 g/mol. The number of hydrogen-bond donors (Lipinski definition) is 0. The summed E-state index contributed by atoms with van der Waals surface area (Å²) in [5, 5.41) is 0. The van der Waals surface area contributed by atoms with E-state index in [-0.39, 0.29) is 31.9 Å². The maximum Gasteiger partial charge on any atom is 2.00 e. The van der Waals surface area contributed by atoms with Crippen LogP contribution in [-0.2, 0) is 29.0 Å². The molecule has 0 aliphatic heterocycles. The van der Waals surface area contributed by atoms with Gasteiger partial charge in [0.05, 0.1) is 0 Å². The molecule has 0 saturated carbocycles. The first-order valence-electron chi connectivity index (χ1n) is 2.47. The van der Waals surface area contributed by atoms with Crippen molar-refractivity contribution in [1.82, 2.24) is 0 Å². The molecule has 0 heterocycles. The second kappa shape index (κ2) is 6.00. The average Bonchev–Trinajstić information content (AvgIpc) is 1.21. The van der Waals surface area contributed by atoms with Gasteiger partial charge in [-0.05, 0) is 20.8 Å². The molecule has 0 rings (SSSR count). The summed E-state index contributed by atoms with van der Waals surface area (Å²) in [5.74, 6) is -0.475. The van der Waals surface area contributed by atoms with Gasteiger partial charge in [0.25, 0.3) is 0 Å². The van der Waals surface area contributed by atoms with Crippen molar-refractivity contribution in [3.05, 3.63) is 6.92 Å². The molecule has 56 valence electrons.